The van der Waals surface area contributed by atoms with Gasteiger partial charge in [0.1, 0.15) is 23.8 Å². The molecule has 0 aromatic carbocycles. The van der Waals surface area contributed by atoms with E-state index in [1.165, 1.54) is 21.8 Å². The van der Waals surface area contributed by atoms with Gasteiger partial charge >= 0.3 is 0 Å². The number of hydrogen-bond donors (Lipinski definition) is 5. The molecule has 0 aliphatic carbocycles. The van der Waals surface area contributed by atoms with E-state index in [2.05, 4.69) is 9.97 Å². The summed E-state index contributed by atoms with van der Waals surface area (Å²) < 4.78 is 8.29. The molecule has 4 atom stereocenters. The van der Waals surface area contributed by atoms with Crippen LogP contribution in [0.3, 0.4) is 0 Å². The molecule has 2 aromatic rings. The molecule has 2 aromatic heterocycles. The first-order chi connectivity index (χ1) is 10.6. The minimum atomic E-state index is -1.24. The summed E-state index contributed by atoms with van der Waals surface area (Å²) in [4.78, 5) is 8.26. The van der Waals surface area contributed by atoms with Gasteiger partial charge in [-0.2, -0.15) is 0 Å². The standard InChI is InChI=1S/C12H17N5O5/c13-10-7-11(15-4-16(10)1-2-18)17(5-14-7)12-9(21)8(20)6(3-19)22-12/h4-6,8-9,12-13,18-21H,1-3H2/t6-,8-,9-,12-/m1/s1. The van der Waals surface area contributed by atoms with Gasteiger partial charge in [0.15, 0.2) is 17.4 Å². The fraction of sp³-hybridized carbons (Fsp3) is 0.583. The van der Waals surface area contributed by atoms with E-state index < -0.39 is 31.1 Å². The van der Waals surface area contributed by atoms with E-state index in [1.54, 1.807) is 0 Å². The Morgan fingerprint density at radius 2 is 1.95 bits per heavy atom. The van der Waals surface area contributed by atoms with E-state index in [0.29, 0.717) is 5.65 Å². The number of fused-ring (bicyclic) bond motifs is 1. The maximum Gasteiger partial charge on any atom is 0.167 e. The number of hydrogen-bond acceptors (Lipinski definition) is 8. The summed E-state index contributed by atoms with van der Waals surface area (Å²) in [7, 11) is 0. The Labute approximate surface area is 124 Å². The van der Waals surface area contributed by atoms with Crippen molar-refractivity contribution in [3.05, 3.63) is 18.1 Å². The Hall–Kier alpha value is -1.85. The summed E-state index contributed by atoms with van der Waals surface area (Å²) in [6, 6.07) is 0. The van der Waals surface area contributed by atoms with Crippen molar-refractivity contribution in [2.45, 2.75) is 31.1 Å². The Bertz CT molecular complexity index is 728. The third-order valence-electron chi connectivity index (χ3n) is 3.73. The molecular weight excluding hydrogens is 294 g/mol. The van der Waals surface area contributed by atoms with E-state index in [0.717, 1.165) is 0 Å². The van der Waals surface area contributed by atoms with Crippen molar-refractivity contribution in [2.24, 2.45) is 0 Å². The van der Waals surface area contributed by atoms with Crippen LogP contribution in [0.1, 0.15) is 6.23 Å². The highest BCUT2D eigenvalue weighted by atomic mass is 16.6. The van der Waals surface area contributed by atoms with Gasteiger partial charge in [0, 0.05) is 6.54 Å². The molecule has 0 saturated carbocycles. The predicted octanol–water partition coefficient (Wildman–Crippen LogP) is -2.68. The Kier molecular flexibility index (Phi) is 3.93. The Morgan fingerprint density at radius 3 is 2.59 bits per heavy atom. The highest BCUT2D eigenvalue weighted by molar-refractivity contribution is 5.68. The molecule has 1 saturated heterocycles. The van der Waals surface area contributed by atoms with Crippen molar-refractivity contribution in [3.8, 4) is 0 Å². The number of aliphatic hydroxyl groups is 4. The topological polar surface area (TPSA) is 150 Å². The lowest BCUT2D eigenvalue weighted by Gasteiger charge is -2.16. The zero-order chi connectivity index (χ0) is 15.9. The maximum absolute atomic E-state index is 10.1. The van der Waals surface area contributed by atoms with Gasteiger partial charge in [-0.1, -0.05) is 0 Å². The summed E-state index contributed by atoms with van der Waals surface area (Å²) >= 11 is 0. The van der Waals surface area contributed by atoms with Crippen molar-refractivity contribution >= 4 is 11.2 Å². The molecule has 0 unspecified atom stereocenters. The molecule has 1 aliphatic rings. The first-order valence-electron chi connectivity index (χ1n) is 6.78. The number of ether oxygens (including phenoxy) is 1. The summed E-state index contributed by atoms with van der Waals surface area (Å²) in [5, 5.41) is 46.0. The molecule has 10 nitrogen and oxygen atoms in total. The van der Waals surface area contributed by atoms with Gasteiger partial charge < -0.3 is 29.7 Å². The van der Waals surface area contributed by atoms with Crippen molar-refractivity contribution in [1.29, 1.82) is 5.41 Å². The van der Waals surface area contributed by atoms with Crippen LogP contribution >= 0.6 is 0 Å². The van der Waals surface area contributed by atoms with E-state index in [4.69, 9.17) is 20.4 Å². The average Bonchev–Trinajstić information content (AvgIpc) is 3.05. The molecule has 1 fully saturated rings. The summed E-state index contributed by atoms with van der Waals surface area (Å²) in [6.07, 6.45) is -1.55. The second-order valence-electron chi connectivity index (χ2n) is 5.06. The van der Waals surface area contributed by atoms with Crippen LogP contribution in [0.2, 0.25) is 0 Å². The molecule has 3 rings (SSSR count). The maximum atomic E-state index is 10.1. The second-order valence-corrected chi connectivity index (χ2v) is 5.06. The summed E-state index contributed by atoms with van der Waals surface area (Å²) in [6.45, 7) is -0.323. The normalized spacial score (nSPS) is 28.5. The highest BCUT2D eigenvalue weighted by Crippen LogP contribution is 2.30. The van der Waals surface area contributed by atoms with Crippen LogP contribution in [0.5, 0.6) is 0 Å². The zero-order valence-corrected chi connectivity index (χ0v) is 11.6. The molecule has 1 aliphatic heterocycles. The third kappa shape index (κ3) is 2.21. The van der Waals surface area contributed by atoms with Crippen LogP contribution in [0.4, 0.5) is 0 Å². The van der Waals surface area contributed by atoms with Crippen LogP contribution in [-0.2, 0) is 11.3 Å². The molecular formula is C12H17N5O5. The van der Waals surface area contributed by atoms with E-state index >= 15 is 0 Å². The van der Waals surface area contributed by atoms with Crippen LogP contribution in [0, 0.1) is 5.41 Å². The molecule has 120 valence electrons. The van der Waals surface area contributed by atoms with Gasteiger partial charge in [0.25, 0.3) is 0 Å². The number of aromatic nitrogens is 4. The van der Waals surface area contributed by atoms with E-state index in [-0.39, 0.29) is 24.2 Å². The van der Waals surface area contributed by atoms with Crippen LogP contribution in [0.15, 0.2) is 12.7 Å². The third-order valence-corrected chi connectivity index (χ3v) is 3.73. The fourth-order valence-electron chi connectivity index (χ4n) is 2.54. The number of nitrogens with one attached hydrogen (secondary N) is 1. The summed E-state index contributed by atoms with van der Waals surface area (Å²) in [5.41, 5.74) is 0.673. The quantitative estimate of drug-likeness (QED) is 0.413. The fourth-order valence-corrected chi connectivity index (χ4v) is 2.54. The van der Waals surface area contributed by atoms with Crippen molar-refractivity contribution in [1.82, 2.24) is 19.1 Å². The first-order valence-corrected chi connectivity index (χ1v) is 6.78. The lowest BCUT2D eigenvalue weighted by molar-refractivity contribution is -0.0511. The van der Waals surface area contributed by atoms with Gasteiger partial charge in [0.2, 0.25) is 0 Å². The largest absolute Gasteiger partial charge is 0.395 e. The molecule has 0 amide bonds. The molecule has 10 heteroatoms. The number of imidazole rings is 1. The zero-order valence-electron chi connectivity index (χ0n) is 11.6. The highest BCUT2D eigenvalue weighted by Gasteiger charge is 2.43. The van der Waals surface area contributed by atoms with Crippen molar-refractivity contribution in [3.63, 3.8) is 0 Å². The number of nitrogens with zero attached hydrogens (tertiary/aromatic N) is 4. The van der Waals surface area contributed by atoms with E-state index in [9.17, 15) is 10.2 Å². The smallest absolute Gasteiger partial charge is 0.167 e. The lowest BCUT2D eigenvalue weighted by Crippen LogP contribution is -2.33. The average molecular weight is 311 g/mol. The Balaban J connectivity index is 2.03. The second kappa shape index (κ2) is 5.74. The van der Waals surface area contributed by atoms with Crippen molar-refractivity contribution < 1.29 is 25.2 Å². The van der Waals surface area contributed by atoms with Gasteiger partial charge in [-0.25, -0.2) is 9.97 Å². The van der Waals surface area contributed by atoms with Crippen LogP contribution < -0.4 is 5.49 Å². The minimum absolute atomic E-state index is 0.0737. The predicted molar refractivity (Wildman–Crippen MR) is 71.5 cm³/mol. The minimum Gasteiger partial charge on any atom is -0.395 e. The molecule has 5 N–H and O–H groups in total. The lowest BCUT2D eigenvalue weighted by atomic mass is 10.1. The van der Waals surface area contributed by atoms with Crippen LogP contribution in [-0.4, -0.2) is 71.1 Å². The summed E-state index contributed by atoms with van der Waals surface area (Å²) in [5.74, 6) is 0. The SMILES string of the molecule is N=c1c2ncn([C@@H]3O[C@H](CO)[C@@H](O)[C@H]3O)c2ncn1CCO. The molecule has 0 bridgehead atoms. The molecule has 0 spiro atoms. The monoisotopic (exact) mass is 311 g/mol. The van der Waals surface area contributed by atoms with Gasteiger partial charge in [-0.3, -0.25) is 9.98 Å². The molecule has 3 heterocycles. The van der Waals surface area contributed by atoms with Crippen LogP contribution in [0.25, 0.3) is 11.2 Å². The van der Waals surface area contributed by atoms with Gasteiger partial charge in [-0.15, -0.1) is 0 Å². The number of aliphatic hydroxyl groups excluding tert-OH is 4. The van der Waals surface area contributed by atoms with Gasteiger partial charge in [-0.05, 0) is 0 Å². The van der Waals surface area contributed by atoms with E-state index in [1.807, 2.05) is 0 Å². The van der Waals surface area contributed by atoms with Crippen molar-refractivity contribution in [2.75, 3.05) is 13.2 Å². The molecule has 22 heavy (non-hydrogen) atoms. The first kappa shape index (κ1) is 15.1. The van der Waals surface area contributed by atoms with Gasteiger partial charge in [0.05, 0.1) is 25.9 Å². The Morgan fingerprint density at radius 1 is 1.18 bits per heavy atom. The number of rotatable bonds is 4. The molecule has 0 radical (unpaired) electrons.